The SMILES string of the molecule is O=C1OC(O)(c2ccc3c(c2)OCO3)C(CC2CCCC2)=C1c1ccc2nsnc2c1. The molecule has 1 N–H and O–H groups in total. The minimum absolute atomic E-state index is 0.134. The molecular weight excluding hydrogens is 416 g/mol. The lowest BCUT2D eigenvalue weighted by Crippen LogP contribution is -2.29. The molecule has 6 rings (SSSR count). The van der Waals surface area contributed by atoms with E-state index in [1.807, 2.05) is 18.2 Å². The van der Waals surface area contributed by atoms with Crippen LogP contribution in [0.25, 0.3) is 16.6 Å². The van der Waals surface area contributed by atoms with Crippen LogP contribution in [-0.2, 0) is 15.3 Å². The molecule has 1 saturated carbocycles. The van der Waals surface area contributed by atoms with Gasteiger partial charge in [-0.15, -0.1) is 0 Å². The highest BCUT2D eigenvalue weighted by molar-refractivity contribution is 7.00. The Bertz CT molecular complexity index is 1230. The van der Waals surface area contributed by atoms with Crippen molar-refractivity contribution in [1.29, 1.82) is 0 Å². The van der Waals surface area contributed by atoms with E-state index in [1.54, 1.807) is 18.2 Å². The first-order valence-corrected chi connectivity index (χ1v) is 11.2. The summed E-state index contributed by atoms with van der Waals surface area (Å²) in [6.45, 7) is 0.134. The van der Waals surface area contributed by atoms with Gasteiger partial charge in [0.2, 0.25) is 6.79 Å². The van der Waals surface area contributed by atoms with Crippen molar-refractivity contribution in [2.24, 2.45) is 5.92 Å². The predicted octanol–water partition coefficient (Wildman–Crippen LogP) is 4.16. The van der Waals surface area contributed by atoms with Gasteiger partial charge in [0.25, 0.3) is 5.79 Å². The molecule has 1 atom stereocenters. The van der Waals surface area contributed by atoms with Crippen LogP contribution >= 0.6 is 11.7 Å². The second-order valence-corrected chi connectivity index (χ2v) is 8.81. The number of rotatable bonds is 4. The number of cyclic esters (lactones) is 1. The van der Waals surface area contributed by atoms with Crippen LogP contribution in [0.1, 0.15) is 43.2 Å². The Balaban J connectivity index is 1.51. The maximum absolute atomic E-state index is 13.1. The van der Waals surface area contributed by atoms with Crippen molar-refractivity contribution in [1.82, 2.24) is 8.75 Å². The zero-order valence-corrected chi connectivity index (χ0v) is 17.5. The highest BCUT2D eigenvalue weighted by Crippen LogP contribution is 2.49. The lowest BCUT2D eigenvalue weighted by Gasteiger charge is -2.27. The van der Waals surface area contributed by atoms with Gasteiger partial charge >= 0.3 is 5.97 Å². The van der Waals surface area contributed by atoms with Crippen molar-refractivity contribution in [3.8, 4) is 11.5 Å². The minimum atomic E-state index is -1.84. The van der Waals surface area contributed by atoms with Gasteiger partial charge in [-0.25, -0.2) is 4.79 Å². The van der Waals surface area contributed by atoms with Crippen LogP contribution in [0.15, 0.2) is 42.0 Å². The number of esters is 1. The van der Waals surface area contributed by atoms with Crippen molar-refractivity contribution in [2.75, 3.05) is 6.79 Å². The molecule has 2 aromatic carbocycles. The summed E-state index contributed by atoms with van der Waals surface area (Å²) in [5.41, 5.74) is 3.68. The van der Waals surface area contributed by atoms with E-state index < -0.39 is 11.8 Å². The van der Waals surface area contributed by atoms with Crippen LogP contribution in [0, 0.1) is 5.92 Å². The maximum atomic E-state index is 13.1. The average molecular weight is 436 g/mol. The second-order valence-electron chi connectivity index (χ2n) is 8.28. The molecule has 7 nitrogen and oxygen atoms in total. The largest absolute Gasteiger partial charge is 0.454 e. The van der Waals surface area contributed by atoms with Gasteiger partial charge in [-0.05, 0) is 48.2 Å². The molecule has 1 fully saturated rings. The van der Waals surface area contributed by atoms with Crippen LogP contribution in [-0.4, -0.2) is 26.6 Å². The number of aliphatic hydroxyl groups is 1. The number of aromatic nitrogens is 2. The molecule has 0 amide bonds. The quantitative estimate of drug-likeness (QED) is 0.614. The van der Waals surface area contributed by atoms with Crippen LogP contribution in [0.3, 0.4) is 0 Å². The molecule has 0 radical (unpaired) electrons. The highest BCUT2D eigenvalue weighted by Gasteiger charge is 2.49. The first-order valence-electron chi connectivity index (χ1n) is 10.4. The fourth-order valence-corrected chi connectivity index (χ4v) is 5.37. The van der Waals surface area contributed by atoms with Crippen molar-refractivity contribution in [2.45, 2.75) is 37.9 Å². The second kappa shape index (κ2) is 7.03. The fraction of sp³-hybridized carbons (Fsp3) is 0.348. The van der Waals surface area contributed by atoms with E-state index in [4.69, 9.17) is 14.2 Å². The summed E-state index contributed by atoms with van der Waals surface area (Å²) in [5.74, 6) is -0.823. The molecule has 0 saturated heterocycles. The number of carbonyl (C=O) groups excluding carboxylic acids is 1. The molecule has 3 aromatic rings. The van der Waals surface area contributed by atoms with Gasteiger partial charge in [0.1, 0.15) is 11.0 Å². The van der Waals surface area contributed by atoms with Gasteiger partial charge in [0, 0.05) is 11.1 Å². The first-order chi connectivity index (χ1) is 15.1. The average Bonchev–Trinajstić information content (AvgIpc) is 3.55. The van der Waals surface area contributed by atoms with Crippen molar-refractivity contribution < 1.29 is 24.1 Å². The van der Waals surface area contributed by atoms with Crippen LogP contribution < -0.4 is 9.47 Å². The topological polar surface area (TPSA) is 90.8 Å². The summed E-state index contributed by atoms with van der Waals surface area (Å²) in [7, 11) is 0. The molecule has 1 aromatic heterocycles. The van der Waals surface area contributed by atoms with Gasteiger partial charge < -0.3 is 19.3 Å². The summed E-state index contributed by atoms with van der Waals surface area (Å²) >= 11 is 1.13. The van der Waals surface area contributed by atoms with Gasteiger partial charge in [-0.2, -0.15) is 8.75 Å². The Kier molecular flexibility index (Phi) is 4.26. The third-order valence-electron chi connectivity index (χ3n) is 6.43. The van der Waals surface area contributed by atoms with Crippen molar-refractivity contribution in [3.63, 3.8) is 0 Å². The molecule has 158 valence electrons. The Hall–Kier alpha value is -2.97. The summed E-state index contributed by atoms with van der Waals surface area (Å²) < 4.78 is 25.1. The highest BCUT2D eigenvalue weighted by atomic mass is 32.1. The molecule has 3 heterocycles. The zero-order valence-electron chi connectivity index (χ0n) is 16.7. The fourth-order valence-electron chi connectivity index (χ4n) is 4.85. The van der Waals surface area contributed by atoms with Crippen LogP contribution in [0.2, 0.25) is 0 Å². The Morgan fingerprint density at radius 3 is 2.71 bits per heavy atom. The number of ether oxygens (including phenoxy) is 3. The third-order valence-corrected chi connectivity index (χ3v) is 6.99. The van der Waals surface area contributed by atoms with Crippen LogP contribution in [0.5, 0.6) is 11.5 Å². The van der Waals surface area contributed by atoms with Gasteiger partial charge in [0.15, 0.2) is 11.5 Å². The lowest BCUT2D eigenvalue weighted by atomic mass is 9.85. The summed E-state index contributed by atoms with van der Waals surface area (Å²) in [6.07, 6.45) is 5.09. The van der Waals surface area contributed by atoms with E-state index in [1.165, 1.54) is 12.8 Å². The Morgan fingerprint density at radius 2 is 1.84 bits per heavy atom. The Morgan fingerprint density at radius 1 is 1.03 bits per heavy atom. The van der Waals surface area contributed by atoms with E-state index in [0.717, 1.165) is 35.6 Å². The molecule has 2 aliphatic heterocycles. The molecule has 1 unspecified atom stereocenters. The lowest BCUT2D eigenvalue weighted by molar-refractivity contribution is -0.185. The van der Waals surface area contributed by atoms with E-state index in [-0.39, 0.29) is 6.79 Å². The molecule has 0 spiro atoms. The molecule has 8 heteroatoms. The third kappa shape index (κ3) is 3.01. The first kappa shape index (κ1) is 18.8. The number of nitrogens with zero attached hydrogens (tertiary/aromatic N) is 2. The minimum Gasteiger partial charge on any atom is -0.454 e. The number of hydrogen-bond acceptors (Lipinski definition) is 8. The van der Waals surface area contributed by atoms with E-state index in [9.17, 15) is 9.90 Å². The number of fused-ring (bicyclic) bond motifs is 2. The van der Waals surface area contributed by atoms with Gasteiger partial charge in [0.05, 0.1) is 17.3 Å². The normalized spacial score (nSPS) is 23.2. The number of hydrogen-bond donors (Lipinski definition) is 1. The molecule has 3 aliphatic rings. The van der Waals surface area contributed by atoms with Crippen molar-refractivity contribution >= 4 is 34.3 Å². The monoisotopic (exact) mass is 436 g/mol. The maximum Gasteiger partial charge on any atom is 0.341 e. The smallest absolute Gasteiger partial charge is 0.341 e. The Labute approximate surface area is 182 Å². The summed E-state index contributed by atoms with van der Waals surface area (Å²) in [5, 5.41) is 11.8. The van der Waals surface area contributed by atoms with Gasteiger partial charge in [-0.3, -0.25) is 0 Å². The number of benzene rings is 2. The predicted molar refractivity (Wildman–Crippen MR) is 113 cm³/mol. The number of carbonyl (C=O) groups is 1. The molecule has 1 aliphatic carbocycles. The molecule has 31 heavy (non-hydrogen) atoms. The van der Waals surface area contributed by atoms with Crippen molar-refractivity contribution in [3.05, 3.63) is 53.1 Å². The molecular formula is C23H20N2O5S. The summed E-state index contributed by atoms with van der Waals surface area (Å²) in [4.78, 5) is 13.1. The van der Waals surface area contributed by atoms with E-state index in [2.05, 4.69) is 8.75 Å². The van der Waals surface area contributed by atoms with Crippen LogP contribution in [0.4, 0.5) is 0 Å². The molecule has 0 bridgehead atoms. The summed E-state index contributed by atoms with van der Waals surface area (Å²) in [6, 6.07) is 10.7. The van der Waals surface area contributed by atoms with E-state index in [0.29, 0.717) is 46.1 Å². The zero-order chi connectivity index (χ0) is 21.0. The van der Waals surface area contributed by atoms with Gasteiger partial charge in [-0.1, -0.05) is 31.7 Å². The van der Waals surface area contributed by atoms with E-state index >= 15 is 0 Å². The standard InChI is InChI=1S/C23H20N2O5S/c26-22-21(14-5-7-17-18(10-14)25-31-24-17)16(9-13-3-1-2-4-13)23(27,30-22)15-6-8-19-20(11-15)29-12-28-19/h5-8,10-11,13,27H,1-4,9,12H2.